The number of rotatable bonds is 8. The maximum absolute atomic E-state index is 12.0. The molecular weight excluding hydrogens is 356 g/mol. The van der Waals surface area contributed by atoms with Crippen molar-refractivity contribution in [3.63, 3.8) is 0 Å². The first-order valence-corrected chi connectivity index (χ1v) is 9.68. The van der Waals surface area contributed by atoms with Crippen molar-refractivity contribution >= 4 is 28.9 Å². The molecule has 0 bridgehead atoms. The molecule has 25 heavy (non-hydrogen) atoms. The number of nitrogens with zero attached hydrogens (tertiary/aromatic N) is 4. The quantitative estimate of drug-likeness (QED) is 0.339. The summed E-state index contributed by atoms with van der Waals surface area (Å²) in [5, 5.41) is 14.6. The Morgan fingerprint density at radius 3 is 3.00 bits per heavy atom. The fraction of sp³-hybridized carbons (Fsp3) is 0.294. The van der Waals surface area contributed by atoms with Crippen LogP contribution in [0.25, 0.3) is 5.69 Å². The molecule has 8 heteroatoms. The Kier molecular flexibility index (Phi) is 5.83. The third-order valence-electron chi connectivity index (χ3n) is 3.58. The average Bonchev–Trinajstić information content (AvgIpc) is 3.30. The van der Waals surface area contributed by atoms with Gasteiger partial charge in [0.05, 0.1) is 12.0 Å². The van der Waals surface area contributed by atoms with Gasteiger partial charge in [-0.1, -0.05) is 23.9 Å². The van der Waals surface area contributed by atoms with Crippen LogP contribution in [0.5, 0.6) is 5.75 Å². The van der Waals surface area contributed by atoms with Crippen molar-refractivity contribution in [3.05, 3.63) is 46.2 Å². The molecule has 6 nitrogen and oxygen atoms in total. The van der Waals surface area contributed by atoms with Gasteiger partial charge in [0.2, 0.25) is 5.16 Å². The van der Waals surface area contributed by atoms with Gasteiger partial charge in [0.1, 0.15) is 11.4 Å². The summed E-state index contributed by atoms with van der Waals surface area (Å²) < 4.78 is 7.09. The highest BCUT2D eigenvalue weighted by molar-refractivity contribution is 7.99. The van der Waals surface area contributed by atoms with E-state index < -0.39 is 0 Å². The first-order valence-electron chi connectivity index (χ1n) is 7.82. The summed E-state index contributed by atoms with van der Waals surface area (Å²) in [7, 11) is 1.63. The molecule has 130 valence electrons. The number of methoxy groups -OCH3 is 1. The Morgan fingerprint density at radius 2 is 2.24 bits per heavy atom. The van der Waals surface area contributed by atoms with Crippen molar-refractivity contribution in [2.75, 3.05) is 12.9 Å². The molecule has 0 aliphatic rings. The molecule has 1 aromatic carbocycles. The van der Waals surface area contributed by atoms with Crippen molar-refractivity contribution in [1.29, 1.82) is 0 Å². The minimum Gasteiger partial charge on any atom is -0.494 e. The van der Waals surface area contributed by atoms with Crippen LogP contribution in [0.1, 0.15) is 28.1 Å². The minimum atomic E-state index is 0.190. The van der Waals surface area contributed by atoms with Crippen molar-refractivity contribution in [3.8, 4) is 11.4 Å². The van der Waals surface area contributed by atoms with E-state index in [0.717, 1.165) is 28.3 Å². The number of Topliss-reactive ketones (excluding diaryl/α,β-unsaturated/α-hetero) is 1. The Labute approximate surface area is 154 Å². The summed E-state index contributed by atoms with van der Waals surface area (Å²) in [6, 6.07) is 9.64. The zero-order chi connectivity index (χ0) is 17.6. The summed E-state index contributed by atoms with van der Waals surface area (Å²) in [5.74, 6) is 1.68. The van der Waals surface area contributed by atoms with E-state index in [-0.39, 0.29) is 5.78 Å². The molecule has 2 heterocycles. The number of carbonyl (C=O) groups is 1. The topological polar surface area (TPSA) is 69.9 Å². The highest BCUT2D eigenvalue weighted by atomic mass is 32.2. The van der Waals surface area contributed by atoms with Crippen LogP contribution in [0.2, 0.25) is 0 Å². The fourth-order valence-corrected chi connectivity index (χ4v) is 3.86. The number of thioether (sulfide) groups is 1. The van der Waals surface area contributed by atoms with Gasteiger partial charge in [-0.15, -0.1) is 16.4 Å². The molecule has 0 radical (unpaired) electrons. The summed E-state index contributed by atoms with van der Waals surface area (Å²) in [4.78, 5) is 12.8. The first kappa shape index (κ1) is 17.6. The summed E-state index contributed by atoms with van der Waals surface area (Å²) in [5.41, 5.74) is 1.91. The molecule has 0 spiro atoms. The first-order chi connectivity index (χ1) is 12.2. The number of aryl methyl sites for hydroxylation is 1. The molecule has 2 aromatic heterocycles. The van der Waals surface area contributed by atoms with Crippen LogP contribution >= 0.6 is 23.1 Å². The molecule has 0 fully saturated rings. The summed E-state index contributed by atoms with van der Waals surface area (Å²) in [6.07, 6.45) is 1.31. The largest absolute Gasteiger partial charge is 0.494 e. The van der Waals surface area contributed by atoms with Gasteiger partial charge < -0.3 is 4.74 Å². The maximum atomic E-state index is 12.0. The number of benzene rings is 1. The van der Waals surface area contributed by atoms with Crippen molar-refractivity contribution in [1.82, 2.24) is 20.2 Å². The van der Waals surface area contributed by atoms with Crippen LogP contribution in [0.4, 0.5) is 0 Å². The minimum absolute atomic E-state index is 0.190. The zero-order valence-electron chi connectivity index (χ0n) is 14.0. The van der Waals surface area contributed by atoms with E-state index in [1.54, 1.807) is 11.8 Å². The van der Waals surface area contributed by atoms with Crippen molar-refractivity contribution in [2.24, 2.45) is 0 Å². The van der Waals surface area contributed by atoms with Crippen LogP contribution < -0.4 is 4.74 Å². The van der Waals surface area contributed by atoms with E-state index in [1.807, 2.05) is 42.6 Å². The van der Waals surface area contributed by atoms with E-state index in [2.05, 4.69) is 15.5 Å². The van der Waals surface area contributed by atoms with Gasteiger partial charge >= 0.3 is 0 Å². The lowest BCUT2D eigenvalue weighted by atomic mass is 10.2. The molecule has 0 unspecified atom stereocenters. The average molecular weight is 374 g/mol. The molecule has 0 atom stereocenters. The highest BCUT2D eigenvalue weighted by Crippen LogP contribution is 2.27. The monoisotopic (exact) mass is 374 g/mol. The van der Waals surface area contributed by atoms with Gasteiger partial charge in [0.15, 0.2) is 5.78 Å². The predicted molar refractivity (Wildman–Crippen MR) is 99.1 cm³/mol. The SMILES string of the molecule is COc1ccc(C)cc1-n1nnnc1SCCCC(=O)c1cccs1. The van der Waals surface area contributed by atoms with Crippen LogP contribution in [0.15, 0.2) is 40.9 Å². The number of hydrogen-bond donors (Lipinski definition) is 0. The summed E-state index contributed by atoms with van der Waals surface area (Å²) >= 11 is 3.02. The van der Waals surface area contributed by atoms with Crippen LogP contribution in [0, 0.1) is 6.92 Å². The maximum Gasteiger partial charge on any atom is 0.214 e. The smallest absolute Gasteiger partial charge is 0.214 e. The Morgan fingerprint density at radius 1 is 1.36 bits per heavy atom. The number of tetrazole rings is 1. The third kappa shape index (κ3) is 4.26. The normalized spacial score (nSPS) is 10.8. The number of aromatic nitrogens is 4. The van der Waals surface area contributed by atoms with Crippen LogP contribution in [-0.4, -0.2) is 38.9 Å². The lowest BCUT2D eigenvalue weighted by molar-refractivity contribution is 0.0986. The number of hydrogen-bond acceptors (Lipinski definition) is 7. The molecule has 3 rings (SSSR count). The van der Waals surface area contributed by atoms with Gasteiger partial charge in [0.25, 0.3) is 0 Å². The third-order valence-corrected chi connectivity index (χ3v) is 5.50. The predicted octanol–water partition coefficient (Wildman–Crippen LogP) is 3.80. The van der Waals surface area contributed by atoms with E-state index >= 15 is 0 Å². The van der Waals surface area contributed by atoms with E-state index in [1.165, 1.54) is 23.1 Å². The van der Waals surface area contributed by atoms with Gasteiger partial charge in [0, 0.05) is 12.2 Å². The standard InChI is InChI=1S/C17H18N4O2S2/c1-12-7-8-15(23-2)13(11-12)21-17(18-19-20-21)25-10-3-5-14(22)16-6-4-9-24-16/h4,6-9,11H,3,5,10H2,1-2H3. The second kappa shape index (κ2) is 8.26. The molecular formula is C17H18N4O2S2. The van der Waals surface area contributed by atoms with Crippen molar-refractivity contribution in [2.45, 2.75) is 24.9 Å². The lowest BCUT2D eigenvalue weighted by Crippen LogP contribution is -2.03. The molecule has 0 amide bonds. The lowest BCUT2D eigenvalue weighted by Gasteiger charge is -2.10. The number of ketones is 1. The molecule has 0 aliphatic carbocycles. The second-order valence-corrected chi connectivity index (χ2v) is 7.41. The number of carbonyl (C=O) groups excluding carboxylic acids is 1. The molecule has 0 N–H and O–H groups in total. The van der Waals surface area contributed by atoms with Gasteiger partial charge in [-0.25, -0.2) is 0 Å². The second-order valence-electron chi connectivity index (χ2n) is 5.40. The fourth-order valence-electron chi connectivity index (χ4n) is 2.34. The molecule has 0 saturated carbocycles. The Balaban J connectivity index is 1.63. The van der Waals surface area contributed by atoms with Gasteiger partial charge in [-0.05, 0) is 52.9 Å². The van der Waals surface area contributed by atoms with Crippen molar-refractivity contribution < 1.29 is 9.53 Å². The highest BCUT2D eigenvalue weighted by Gasteiger charge is 2.14. The van der Waals surface area contributed by atoms with Gasteiger partial charge in [-0.2, -0.15) is 4.68 Å². The zero-order valence-corrected chi connectivity index (χ0v) is 15.6. The number of thiophene rings is 1. The Hall–Kier alpha value is -2.19. The number of ether oxygens (including phenoxy) is 1. The van der Waals surface area contributed by atoms with Crippen LogP contribution in [0.3, 0.4) is 0 Å². The van der Waals surface area contributed by atoms with E-state index in [0.29, 0.717) is 17.3 Å². The van der Waals surface area contributed by atoms with Gasteiger partial charge in [-0.3, -0.25) is 4.79 Å². The Bertz CT molecular complexity index is 846. The van der Waals surface area contributed by atoms with Crippen LogP contribution in [-0.2, 0) is 0 Å². The molecule has 0 aliphatic heterocycles. The molecule has 3 aromatic rings. The summed E-state index contributed by atoms with van der Waals surface area (Å²) in [6.45, 7) is 2.01. The van der Waals surface area contributed by atoms with E-state index in [4.69, 9.17) is 4.74 Å². The van der Waals surface area contributed by atoms with E-state index in [9.17, 15) is 4.79 Å². The molecule has 0 saturated heterocycles.